The average Bonchev–Trinajstić information content (AvgIpc) is 2.94. The summed E-state index contributed by atoms with van der Waals surface area (Å²) >= 11 is 6.06. The van der Waals surface area contributed by atoms with Crippen LogP contribution in [-0.2, 0) is 17.4 Å². The van der Waals surface area contributed by atoms with Gasteiger partial charge in [-0.3, -0.25) is 4.68 Å². The fraction of sp³-hybridized carbons (Fsp3) is 0.350. The van der Waals surface area contributed by atoms with Gasteiger partial charge in [-0.1, -0.05) is 23.7 Å². The van der Waals surface area contributed by atoms with E-state index in [-0.39, 0.29) is 13.2 Å². The number of ether oxygens (including phenoxy) is 1. The molecule has 148 valence electrons. The molecule has 2 aromatic heterocycles. The van der Waals surface area contributed by atoms with Gasteiger partial charge in [-0.2, -0.15) is 5.10 Å². The first-order valence-corrected chi connectivity index (χ1v) is 9.34. The number of benzene rings is 1. The zero-order valence-corrected chi connectivity index (χ0v) is 17.0. The van der Waals surface area contributed by atoms with Crippen LogP contribution >= 0.6 is 11.6 Å². The second-order valence-corrected chi connectivity index (χ2v) is 7.25. The summed E-state index contributed by atoms with van der Waals surface area (Å²) in [5.41, 5.74) is 1.64. The van der Waals surface area contributed by atoms with E-state index in [9.17, 15) is 9.90 Å². The molecule has 0 aliphatic heterocycles. The molecule has 7 nitrogen and oxygen atoms in total. The van der Waals surface area contributed by atoms with Gasteiger partial charge in [-0.05, 0) is 38.5 Å². The van der Waals surface area contributed by atoms with Crippen molar-refractivity contribution in [1.82, 2.24) is 14.8 Å². The van der Waals surface area contributed by atoms with Crippen LogP contribution in [0.5, 0.6) is 0 Å². The van der Waals surface area contributed by atoms with E-state index >= 15 is 0 Å². The molecule has 1 aromatic carbocycles. The molecule has 1 unspecified atom stereocenters. The minimum Gasteiger partial charge on any atom is -0.462 e. The number of aliphatic hydroxyl groups is 1. The molecule has 0 fully saturated rings. The van der Waals surface area contributed by atoms with E-state index in [1.54, 1.807) is 49.8 Å². The number of hydrogen-bond donors (Lipinski definition) is 2. The number of pyridine rings is 1. The first-order valence-electron chi connectivity index (χ1n) is 8.96. The third-order valence-electron chi connectivity index (χ3n) is 4.58. The fourth-order valence-corrected chi connectivity index (χ4v) is 3.34. The number of nitrogens with one attached hydrogen (secondary N) is 1. The van der Waals surface area contributed by atoms with Crippen LogP contribution in [0.2, 0.25) is 5.02 Å². The highest BCUT2D eigenvalue weighted by molar-refractivity contribution is 6.30. The number of aryl methyl sites for hydroxylation is 2. The normalized spacial score (nSPS) is 13.4. The van der Waals surface area contributed by atoms with Gasteiger partial charge in [0.15, 0.2) is 5.65 Å². The number of fused-ring (bicyclic) bond motifs is 1. The van der Waals surface area contributed by atoms with Crippen molar-refractivity contribution in [2.24, 2.45) is 7.05 Å². The van der Waals surface area contributed by atoms with Gasteiger partial charge >= 0.3 is 5.97 Å². The van der Waals surface area contributed by atoms with E-state index in [1.165, 1.54) is 6.20 Å². The van der Waals surface area contributed by atoms with Gasteiger partial charge in [0.2, 0.25) is 0 Å². The van der Waals surface area contributed by atoms with Gasteiger partial charge in [-0.15, -0.1) is 0 Å². The van der Waals surface area contributed by atoms with E-state index in [2.05, 4.69) is 15.4 Å². The Morgan fingerprint density at radius 1 is 1.43 bits per heavy atom. The van der Waals surface area contributed by atoms with Crippen LogP contribution in [0, 0.1) is 6.92 Å². The summed E-state index contributed by atoms with van der Waals surface area (Å²) in [4.78, 5) is 16.8. The van der Waals surface area contributed by atoms with Crippen molar-refractivity contribution in [1.29, 1.82) is 0 Å². The van der Waals surface area contributed by atoms with Crippen molar-refractivity contribution in [3.63, 3.8) is 0 Å². The van der Waals surface area contributed by atoms with Crippen LogP contribution in [0.15, 0.2) is 30.5 Å². The average molecular weight is 403 g/mol. The second-order valence-electron chi connectivity index (χ2n) is 6.81. The molecule has 8 heteroatoms. The van der Waals surface area contributed by atoms with Crippen LogP contribution < -0.4 is 5.32 Å². The Morgan fingerprint density at radius 3 is 2.86 bits per heavy atom. The van der Waals surface area contributed by atoms with Crippen molar-refractivity contribution >= 4 is 34.3 Å². The number of halogens is 1. The largest absolute Gasteiger partial charge is 0.462 e. The van der Waals surface area contributed by atoms with Crippen molar-refractivity contribution in [2.75, 3.05) is 18.5 Å². The Kier molecular flexibility index (Phi) is 5.58. The molecule has 0 radical (unpaired) electrons. The Bertz CT molecular complexity index is 1030. The Labute approximate surface area is 168 Å². The minimum absolute atomic E-state index is 0.146. The van der Waals surface area contributed by atoms with Gasteiger partial charge < -0.3 is 15.2 Å². The van der Waals surface area contributed by atoms with Crippen LogP contribution in [0.25, 0.3) is 11.0 Å². The van der Waals surface area contributed by atoms with Crippen LogP contribution in [0.4, 0.5) is 5.69 Å². The highest BCUT2D eigenvalue weighted by Crippen LogP contribution is 2.31. The minimum atomic E-state index is -1.22. The van der Waals surface area contributed by atoms with Gasteiger partial charge in [-0.25, -0.2) is 9.78 Å². The number of anilines is 1. The van der Waals surface area contributed by atoms with E-state index in [0.29, 0.717) is 27.5 Å². The maximum Gasteiger partial charge on any atom is 0.341 e. The van der Waals surface area contributed by atoms with Crippen molar-refractivity contribution in [3.8, 4) is 0 Å². The number of aromatic nitrogens is 3. The van der Waals surface area contributed by atoms with Gasteiger partial charge in [0.05, 0.1) is 23.4 Å². The summed E-state index contributed by atoms with van der Waals surface area (Å²) in [6.07, 6.45) is 1.47. The topological polar surface area (TPSA) is 89.3 Å². The molecule has 3 aromatic rings. The van der Waals surface area contributed by atoms with Crippen LogP contribution in [0.3, 0.4) is 0 Å². The van der Waals surface area contributed by atoms with Crippen LogP contribution in [0.1, 0.15) is 35.5 Å². The summed E-state index contributed by atoms with van der Waals surface area (Å²) in [7, 11) is 1.79. The number of rotatable bonds is 6. The maximum absolute atomic E-state index is 12.5. The van der Waals surface area contributed by atoms with Crippen molar-refractivity contribution < 1.29 is 14.6 Å². The van der Waals surface area contributed by atoms with E-state index < -0.39 is 11.6 Å². The molecule has 0 saturated carbocycles. The van der Waals surface area contributed by atoms with Crippen molar-refractivity contribution in [3.05, 3.63) is 52.3 Å². The molecule has 0 bridgehead atoms. The van der Waals surface area contributed by atoms with Gasteiger partial charge in [0.25, 0.3) is 0 Å². The smallest absolute Gasteiger partial charge is 0.341 e. The fourth-order valence-electron chi connectivity index (χ4n) is 3.14. The number of nitrogens with zero attached hydrogens (tertiary/aromatic N) is 3. The molecule has 2 N–H and O–H groups in total. The predicted molar refractivity (Wildman–Crippen MR) is 109 cm³/mol. The third-order valence-corrected chi connectivity index (χ3v) is 4.81. The quantitative estimate of drug-likeness (QED) is 0.614. The molecule has 2 heterocycles. The zero-order valence-electron chi connectivity index (χ0n) is 16.3. The lowest BCUT2D eigenvalue weighted by Gasteiger charge is -2.26. The number of esters is 1. The molecule has 0 spiro atoms. The maximum atomic E-state index is 12.5. The molecular weight excluding hydrogens is 380 g/mol. The molecule has 0 amide bonds. The Balaban J connectivity index is 2.03. The molecular formula is C20H23ClN4O3. The summed E-state index contributed by atoms with van der Waals surface area (Å²) < 4.78 is 6.82. The molecule has 0 saturated heterocycles. The second kappa shape index (κ2) is 7.77. The summed E-state index contributed by atoms with van der Waals surface area (Å²) in [6, 6.07) is 7.05. The Morgan fingerprint density at radius 2 is 2.18 bits per heavy atom. The lowest BCUT2D eigenvalue weighted by Crippen LogP contribution is -2.31. The summed E-state index contributed by atoms with van der Waals surface area (Å²) in [5.74, 6) is -0.481. The van der Waals surface area contributed by atoms with E-state index in [0.717, 1.165) is 11.1 Å². The summed E-state index contributed by atoms with van der Waals surface area (Å²) in [6.45, 7) is 5.68. The van der Waals surface area contributed by atoms with E-state index in [4.69, 9.17) is 16.3 Å². The first kappa shape index (κ1) is 20.1. The van der Waals surface area contributed by atoms with Crippen LogP contribution in [-0.4, -0.2) is 39.0 Å². The molecule has 28 heavy (non-hydrogen) atoms. The third kappa shape index (κ3) is 3.81. The van der Waals surface area contributed by atoms with Gasteiger partial charge in [0, 0.05) is 24.8 Å². The molecule has 3 rings (SSSR count). The standard InChI is InChI=1S/C20H23ClN4O3/c1-5-28-19(26)15-10-22-18-16(12(2)24-25(18)4)17(15)23-11-20(3,27)13-7-6-8-14(21)9-13/h6-10,27H,5,11H2,1-4H3,(H,22,23). The lowest BCUT2D eigenvalue weighted by molar-refractivity contribution is 0.0525. The number of carbonyl (C=O) groups excluding carboxylic acids is 1. The van der Waals surface area contributed by atoms with E-state index in [1.807, 2.05) is 6.92 Å². The molecule has 0 aliphatic carbocycles. The highest BCUT2D eigenvalue weighted by atomic mass is 35.5. The lowest BCUT2D eigenvalue weighted by atomic mass is 9.95. The zero-order chi connectivity index (χ0) is 20.5. The molecule has 0 aliphatic rings. The Hall–Kier alpha value is -2.64. The highest BCUT2D eigenvalue weighted by Gasteiger charge is 2.26. The number of hydrogen-bond acceptors (Lipinski definition) is 6. The molecule has 1 atom stereocenters. The van der Waals surface area contributed by atoms with Gasteiger partial charge in [0.1, 0.15) is 11.2 Å². The van der Waals surface area contributed by atoms with Crippen molar-refractivity contribution in [2.45, 2.75) is 26.4 Å². The monoisotopic (exact) mass is 402 g/mol. The summed E-state index contributed by atoms with van der Waals surface area (Å²) in [5, 5.41) is 19.9. The SMILES string of the molecule is CCOC(=O)c1cnc2c(c(C)nn2C)c1NCC(C)(O)c1cccc(Cl)c1. The predicted octanol–water partition coefficient (Wildman–Crippen LogP) is 3.43. The first-order chi connectivity index (χ1) is 13.2. The number of carbonyl (C=O) groups is 1.